The summed E-state index contributed by atoms with van der Waals surface area (Å²) in [7, 11) is 0. The van der Waals surface area contributed by atoms with Crippen LogP contribution < -0.4 is 16.0 Å². The fraction of sp³-hybridized carbons (Fsp3) is 0.444. The lowest BCUT2D eigenvalue weighted by Gasteiger charge is -2.14. The Morgan fingerprint density at radius 1 is 1.28 bits per heavy atom. The average molecular weight is 398 g/mol. The monoisotopic (exact) mass is 398 g/mol. The molecule has 0 aliphatic carbocycles. The summed E-state index contributed by atoms with van der Waals surface area (Å²) in [6.45, 7) is 5.90. The van der Waals surface area contributed by atoms with E-state index in [1.165, 1.54) is 0 Å². The molecule has 1 unspecified atom stereocenters. The Bertz CT molecular complexity index is 1040. The number of aryl methyl sites for hydroxylation is 1. The molecule has 0 radical (unpaired) electrons. The Kier molecular flexibility index (Phi) is 5.21. The summed E-state index contributed by atoms with van der Waals surface area (Å²) in [4.78, 5) is 28.9. The minimum Gasteiger partial charge on any atom is -0.352 e. The zero-order chi connectivity index (χ0) is 20.4. The van der Waals surface area contributed by atoms with E-state index in [4.69, 9.17) is 0 Å². The van der Waals surface area contributed by atoms with E-state index in [2.05, 4.69) is 47.9 Å². The van der Waals surface area contributed by atoms with Crippen LogP contribution in [-0.2, 0) is 17.9 Å². The van der Waals surface area contributed by atoms with E-state index in [0.717, 1.165) is 12.1 Å². The summed E-state index contributed by atoms with van der Waals surface area (Å²) in [6, 6.07) is 1.86. The topological polar surface area (TPSA) is 139 Å². The maximum absolute atomic E-state index is 12.3. The number of hydrogen-bond donors (Lipinski definition) is 3. The van der Waals surface area contributed by atoms with Crippen LogP contribution >= 0.6 is 0 Å². The molecule has 1 aliphatic heterocycles. The van der Waals surface area contributed by atoms with Crippen LogP contribution in [0.4, 0.5) is 0 Å². The second kappa shape index (κ2) is 7.95. The first-order valence-corrected chi connectivity index (χ1v) is 9.40. The van der Waals surface area contributed by atoms with Crippen LogP contribution in [0.15, 0.2) is 23.1 Å². The van der Waals surface area contributed by atoms with Crippen LogP contribution in [0.2, 0.25) is 0 Å². The van der Waals surface area contributed by atoms with Crippen molar-refractivity contribution in [1.29, 1.82) is 0 Å². The van der Waals surface area contributed by atoms with Gasteiger partial charge in [-0.2, -0.15) is 5.10 Å². The predicted molar refractivity (Wildman–Crippen MR) is 101 cm³/mol. The van der Waals surface area contributed by atoms with E-state index < -0.39 is 0 Å². The minimum absolute atomic E-state index is 0.00289. The van der Waals surface area contributed by atoms with Crippen molar-refractivity contribution in [2.24, 2.45) is 11.8 Å². The lowest BCUT2D eigenvalue weighted by atomic mass is 9.97. The molecule has 11 heteroatoms. The number of aromatic nitrogens is 5. The summed E-state index contributed by atoms with van der Waals surface area (Å²) in [5.74, 6) is -0.00563. The van der Waals surface area contributed by atoms with Crippen molar-refractivity contribution in [3.05, 3.63) is 41.1 Å². The van der Waals surface area contributed by atoms with Crippen molar-refractivity contribution < 1.29 is 14.2 Å². The summed E-state index contributed by atoms with van der Waals surface area (Å²) in [5.41, 5.74) is 2.71. The van der Waals surface area contributed by atoms with Crippen molar-refractivity contribution in [3.8, 4) is 0 Å². The largest absolute Gasteiger partial charge is 0.352 e. The molecule has 0 spiro atoms. The normalized spacial score (nSPS) is 18.8. The van der Waals surface area contributed by atoms with Crippen molar-refractivity contribution in [3.63, 3.8) is 0 Å². The molecular formula is C18H22N8O3. The van der Waals surface area contributed by atoms with Crippen molar-refractivity contribution in [2.45, 2.75) is 26.9 Å². The van der Waals surface area contributed by atoms with Crippen LogP contribution in [0, 0.1) is 18.8 Å². The van der Waals surface area contributed by atoms with Crippen LogP contribution in [0.5, 0.6) is 0 Å². The van der Waals surface area contributed by atoms with E-state index >= 15 is 0 Å². The Morgan fingerprint density at radius 2 is 2.14 bits per heavy atom. The molecule has 29 heavy (non-hydrogen) atoms. The zero-order valence-corrected chi connectivity index (χ0v) is 16.2. The third kappa shape index (κ3) is 4.09. The van der Waals surface area contributed by atoms with Crippen LogP contribution in [0.1, 0.15) is 34.4 Å². The lowest BCUT2D eigenvalue weighted by molar-refractivity contribution is -0.125. The summed E-state index contributed by atoms with van der Waals surface area (Å²) >= 11 is 0. The highest BCUT2D eigenvalue weighted by Gasteiger charge is 2.29. The molecule has 1 aliphatic rings. The zero-order valence-electron chi connectivity index (χ0n) is 16.2. The minimum atomic E-state index is -0.382. The molecule has 11 nitrogen and oxygen atoms in total. The van der Waals surface area contributed by atoms with Gasteiger partial charge in [0.05, 0.1) is 30.6 Å². The van der Waals surface area contributed by atoms with Gasteiger partial charge in [0.1, 0.15) is 5.69 Å². The van der Waals surface area contributed by atoms with Gasteiger partial charge in [-0.15, -0.1) is 0 Å². The van der Waals surface area contributed by atoms with E-state index in [1.807, 2.05) is 6.07 Å². The van der Waals surface area contributed by atoms with E-state index in [0.29, 0.717) is 36.0 Å². The maximum atomic E-state index is 12.3. The predicted octanol–water partition coefficient (Wildman–Crippen LogP) is -0.178. The van der Waals surface area contributed by atoms with Crippen LogP contribution in [0.25, 0.3) is 5.65 Å². The number of amides is 2. The second-order valence-electron chi connectivity index (χ2n) is 7.24. The molecule has 0 saturated carbocycles. The summed E-state index contributed by atoms with van der Waals surface area (Å²) < 4.78 is 6.16. The standard InChI is InChI=1S/C18H22N8O3/c1-10-4-19-8-14(10)17(27)20-5-12-3-15-23-13(9-26(15)22-6-12)7-21-18(28)16-11(2)24-29-25-16/h3,6,9-10,14,19H,4-5,7-8H2,1-2H3,(H,20,27)(H,21,28)/t10?,14-/m0/s1. The first kappa shape index (κ1) is 19.0. The first-order chi connectivity index (χ1) is 14.0. The van der Waals surface area contributed by atoms with Crippen LogP contribution in [0.3, 0.4) is 0 Å². The van der Waals surface area contributed by atoms with Gasteiger partial charge < -0.3 is 16.0 Å². The molecule has 152 valence electrons. The molecule has 0 bridgehead atoms. The van der Waals surface area contributed by atoms with Gasteiger partial charge in [0, 0.05) is 13.1 Å². The quantitative estimate of drug-likeness (QED) is 0.520. The van der Waals surface area contributed by atoms with Gasteiger partial charge >= 0.3 is 0 Å². The maximum Gasteiger partial charge on any atom is 0.275 e. The molecule has 0 aromatic carbocycles. The van der Waals surface area contributed by atoms with E-state index in [-0.39, 0.29) is 30.0 Å². The van der Waals surface area contributed by atoms with E-state index in [1.54, 1.807) is 23.8 Å². The SMILES string of the molecule is Cc1nonc1C(=O)NCc1cn2ncc(CNC(=O)[C@H]3CNCC3C)cc2n1. The van der Waals surface area contributed by atoms with Crippen molar-refractivity contribution in [2.75, 3.05) is 13.1 Å². The van der Waals surface area contributed by atoms with Gasteiger partial charge in [-0.25, -0.2) is 14.1 Å². The van der Waals surface area contributed by atoms with Gasteiger partial charge in [0.25, 0.3) is 5.91 Å². The van der Waals surface area contributed by atoms with E-state index in [9.17, 15) is 9.59 Å². The Balaban J connectivity index is 1.36. The number of carbonyl (C=O) groups excluding carboxylic acids is 2. The molecule has 1 saturated heterocycles. The molecular weight excluding hydrogens is 376 g/mol. The molecule has 1 fully saturated rings. The van der Waals surface area contributed by atoms with Gasteiger partial charge in [0.2, 0.25) is 5.91 Å². The number of nitrogens with one attached hydrogen (secondary N) is 3. The van der Waals surface area contributed by atoms with Gasteiger partial charge in [-0.1, -0.05) is 12.1 Å². The number of hydrogen-bond acceptors (Lipinski definition) is 8. The number of imidazole rings is 1. The average Bonchev–Trinajstić information content (AvgIpc) is 3.43. The number of rotatable bonds is 6. The summed E-state index contributed by atoms with van der Waals surface area (Å²) in [6.07, 6.45) is 3.43. The van der Waals surface area contributed by atoms with Gasteiger partial charge in [-0.3, -0.25) is 9.59 Å². The molecule has 2 amide bonds. The van der Waals surface area contributed by atoms with Crippen LogP contribution in [-0.4, -0.2) is 49.8 Å². The fourth-order valence-corrected chi connectivity index (χ4v) is 3.32. The molecule has 3 aromatic rings. The Hall–Kier alpha value is -3.34. The van der Waals surface area contributed by atoms with Gasteiger partial charge in [0.15, 0.2) is 11.3 Å². The lowest BCUT2D eigenvalue weighted by Crippen LogP contribution is -2.33. The third-order valence-corrected chi connectivity index (χ3v) is 5.05. The number of carbonyl (C=O) groups is 2. The van der Waals surface area contributed by atoms with Crippen molar-refractivity contribution >= 4 is 17.5 Å². The highest BCUT2D eigenvalue weighted by Crippen LogP contribution is 2.16. The second-order valence-corrected chi connectivity index (χ2v) is 7.24. The third-order valence-electron chi connectivity index (χ3n) is 5.05. The fourth-order valence-electron chi connectivity index (χ4n) is 3.32. The highest BCUT2D eigenvalue weighted by atomic mass is 16.6. The van der Waals surface area contributed by atoms with Crippen molar-refractivity contribution in [1.82, 2.24) is 40.9 Å². The summed E-state index contributed by atoms with van der Waals surface area (Å²) in [5, 5.41) is 20.4. The highest BCUT2D eigenvalue weighted by molar-refractivity contribution is 5.92. The van der Waals surface area contributed by atoms with Gasteiger partial charge in [-0.05, 0) is 36.2 Å². The smallest absolute Gasteiger partial charge is 0.275 e. The number of fused-ring (bicyclic) bond motifs is 1. The Labute approximate surface area is 166 Å². The molecule has 3 N–H and O–H groups in total. The number of nitrogens with zero attached hydrogens (tertiary/aromatic N) is 5. The molecule has 4 heterocycles. The molecule has 2 atom stereocenters. The Morgan fingerprint density at radius 3 is 2.86 bits per heavy atom. The molecule has 4 rings (SSSR count). The first-order valence-electron chi connectivity index (χ1n) is 9.40. The molecule has 3 aromatic heterocycles.